The number of H-pyrrole nitrogens is 2. The Kier molecular flexibility index (Phi) is 3.76. The molecule has 6 aromatic heterocycles. The molecule has 148 valence electrons. The second-order valence-electron chi connectivity index (χ2n) is 7.25. The number of nitrogen functional groups attached to an aromatic ring is 1. The van der Waals surface area contributed by atoms with Crippen LogP contribution in [-0.2, 0) is 0 Å². The lowest BCUT2D eigenvalue weighted by Crippen LogP contribution is -1.88. The molecule has 0 atom stereocenters. The van der Waals surface area contributed by atoms with Crippen LogP contribution in [0.25, 0.3) is 55.7 Å². The summed E-state index contributed by atoms with van der Waals surface area (Å²) in [5, 5.41) is 9.42. The molecule has 0 unspecified atom stereocenters. The highest BCUT2D eigenvalue weighted by atomic mass is 15.2. The predicted molar refractivity (Wildman–Crippen MR) is 120 cm³/mol. The Bertz CT molecular complexity index is 1550. The van der Waals surface area contributed by atoms with E-state index in [1.165, 1.54) is 0 Å². The maximum Gasteiger partial charge on any atom is 0.181 e. The molecule has 6 aromatic rings. The Morgan fingerprint density at radius 1 is 0.774 bits per heavy atom. The number of nitrogens with zero attached hydrogens (tertiary/aromatic N) is 5. The van der Waals surface area contributed by atoms with Gasteiger partial charge in [0.2, 0.25) is 0 Å². The Balaban J connectivity index is 1.51. The average Bonchev–Trinajstić information content (AvgIpc) is 3.43. The fraction of sp³-hybridized carbons (Fsp3) is 0. The fourth-order valence-electron chi connectivity index (χ4n) is 3.80. The number of nitrogens with two attached hydrogens (primary N) is 1. The Hall–Kier alpha value is -4.59. The summed E-state index contributed by atoms with van der Waals surface area (Å²) in [7, 11) is 0. The van der Waals surface area contributed by atoms with Crippen molar-refractivity contribution in [2.24, 2.45) is 0 Å². The van der Waals surface area contributed by atoms with Gasteiger partial charge in [-0.15, -0.1) is 0 Å². The maximum atomic E-state index is 5.90. The summed E-state index contributed by atoms with van der Waals surface area (Å²) in [4.78, 5) is 21.0. The van der Waals surface area contributed by atoms with Gasteiger partial charge in [-0.05, 0) is 36.4 Å². The van der Waals surface area contributed by atoms with Crippen LogP contribution in [0.15, 0.2) is 73.6 Å². The summed E-state index contributed by atoms with van der Waals surface area (Å²) in [5.41, 5.74) is 13.6. The lowest BCUT2D eigenvalue weighted by atomic mass is 10.1. The molecule has 0 aliphatic rings. The summed E-state index contributed by atoms with van der Waals surface area (Å²) in [6, 6.07) is 11.9. The highest BCUT2D eigenvalue weighted by Gasteiger charge is 2.15. The maximum absolute atomic E-state index is 5.90. The summed E-state index contributed by atoms with van der Waals surface area (Å²) in [5.74, 6) is 0. The molecule has 8 heteroatoms. The normalized spacial score (nSPS) is 11.4. The minimum atomic E-state index is 0.607. The second-order valence-corrected chi connectivity index (χ2v) is 7.25. The third-order valence-corrected chi connectivity index (χ3v) is 5.25. The van der Waals surface area contributed by atoms with Gasteiger partial charge in [-0.25, -0.2) is 4.98 Å². The molecular formula is C23H16N8. The average molecular weight is 404 g/mol. The molecule has 6 heterocycles. The molecule has 31 heavy (non-hydrogen) atoms. The van der Waals surface area contributed by atoms with E-state index in [0.717, 1.165) is 50.1 Å². The van der Waals surface area contributed by atoms with E-state index >= 15 is 0 Å². The van der Waals surface area contributed by atoms with E-state index in [0.29, 0.717) is 11.3 Å². The number of nitrogens with one attached hydrogen (secondary N) is 2. The van der Waals surface area contributed by atoms with Crippen molar-refractivity contribution in [3.05, 3.63) is 73.6 Å². The number of hydrogen-bond donors (Lipinski definition) is 3. The number of anilines is 1. The third kappa shape index (κ3) is 2.89. The van der Waals surface area contributed by atoms with Crippen molar-refractivity contribution in [2.75, 3.05) is 5.73 Å². The second kappa shape index (κ2) is 6.74. The van der Waals surface area contributed by atoms with Crippen molar-refractivity contribution in [2.45, 2.75) is 0 Å². The zero-order valence-corrected chi connectivity index (χ0v) is 16.2. The largest absolute Gasteiger partial charge is 0.397 e. The molecule has 0 fully saturated rings. The molecule has 0 amide bonds. The Labute approximate surface area is 176 Å². The molecule has 0 aliphatic carbocycles. The highest BCUT2D eigenvalue weighted by molar-refractivity contribution is 5.99. The van der Waals surface area contributed by atoms with Crippen molar-refractivity contribution in [3.63, 3.8) is 0 Å². The highest BCUT2D eigenvalue weighted by Crippen LogP contribution is 2.33. The Morgan fingerprint density at radius 2 is 1.68 bits per heavy atom. The molecular weight excluding hydrogens is 388 g/mol. The van der Waals surface area contributed by atoms with E-state index < -0.39 is 0 Å². The molecule has 0 saturated heterocycles. The number of aromatic nitrogens is 7. The van der Waals surface area contributed by atoms with Crippen molar-refractivity contribution in [1.29, 1.82) is 0 Å². The number of aromatic amines is 2. The zero-order chi connectivity index (χ0) is 20.8. The van der Waals surface area contributed by atoms with Crippen LogP contribution in [0.3, 0.4) is 0 Å². The van der Waals surface area contributed by atoms with Crippen molar-refractivity contribution in [1.82, 2.24) is 35.1 Å². The summed E-state index contributed by atoms with van der Waals surface area (Å²) >= 11 is 0. The SMILES string of the molecule is Nc1cncc(-c2cnc3n[nH]c(-c4cc5c(-c6cccnc6)nccc5[nH]4)c3c2)c1. The van der Waals surface area contributed by atoms with E-state index in [1.807, 2.05) is 36.5 Å². The predicted octanol–water partition coefficient (Wildman–Crippen LogP) is 4.21. The van der Waals surface area contributed by atoms with E-state index in [4.69, 9.17) is 5.73 Å². The first-order valence-corrected chi connectivity index (χ1v) is 9.70. The molecule has 0 spiro atoms. The standard InChI is InChI=1S/C23H16N8/c24-16-6-14(10-26-12-16)15-7-18-22(30-31-23(18)28-11-15)20-8-17-19(29-20)3-5-27-21(17)13-2-1-4-25-9-13/h1-12,29H,24H2,(H,28,30,31). The van der Waals surface area contributed by atoms with Crippen molar-refractivity contribution in [3.8, 4) is 33.8 Å². The van der Waals surface area contributed by atoms with E-state index in [1.54, 1.807) is 31.0 Å². The van der Waals surface area contributed by atoms with E-state index in [2.05, 4.69) is 41.2 Å². The first-order valence-electron chi connectivity index (χ1n) is 9.70. The van der Waals surface area contributed by atoms with Gasteiger partial charge in [0.15, 0.2) is 5.65 Å². The van der Waals surface area contributed by atoms with Crippen LogP contribution in [0.1, 0.15) is 0 Å². The number of rotatable bonds is 3. The molecule has 0 aromatic carbocycles. The Morgan fingerprint density at radius 3 is 2.55 bits per heavy atom. The van der Waals surface area contributed by atoms with Gasteiger partial charge in [-0.2, -0.15) is 5.10 Å². The first-order chi connectivity index (χ1) is 15.3. The van der Waals surface area contributed by atoms with Crippen LogP contribution in [0.5, 0.6) is 0 Å². The summed E-state index contributed by atoms with van der Waals surface area (Å²) in [6.07, 6.45) is 10.5. The lowest BCUT2D eigenvalue weighted by molar-refractivity contribution is 1.10. The van der Waals surface area contributed by atoms with Gasteiger partial charge in [0, 0.05) is 70.2 Å². The molecule has 0 aliphatic heterocycles. The lowest BCUT2D eigenvalue weighted by Gasteiger charge is -2.02. The summed E-state index contributed by atoms with van der Waals surface area (Å²) in [6.45, 7) is 0. The monoisotopic (exact) mass is 404 g/mol. The van der Waals surface area contributed by atoms with Crippen LogP contribution in [0.2, 0.25) is 0 Å². The van der Waals surface area contributed by atoms with Crippen molar-refractivity contribution >= 4 is 27.6 Å². The topological polar surface area (TPSA) is 122 Å². The van der Waals surface area contributed by atoms with Crippen molar-refractivity contribution < 1.29 is 0 Å². The summed E-state index contributed by atoms with van der Waals surface area (Å²) < 4.78 is 0. The molecule has 0 bridgehead atoms. The van der Waals surface area contributed by atoms with Crippen LogP contribution in [0, 0.1) is 0 Å². The number of hydrogen-bond acceptors (Lipinski definition) is 6. The molecule has 8 nitrogen and oxygen atoms in total. The van der Waals surface area contributed by atoms with Crippen LogP contribution in [-0.4, -0.2) is 35.1 Å². The number of pyridine rings is 4. The van der Waals surface area contributed by atoms with Crippen LogP contribution < -0.4 is 5.73 Å². The third-order valence-electron chi connectivity index (χ3n) is 5.25. The molecule has 0 radical (unpaired) electrons. The van der Waals surface area contributed by atoms with Crippen LogP contribution >= 0.6 is 0 Å². The van der Waals surface area contributed by atoms with Gasteiger partial charge in [-0.3, -0.25) is 20.1 Å². The van der Waals surface area contributed by atoms with Gasteiger partial charge in [-0.1, -0.05) is 0 Å². The molecule has 0 saturated carbocycles. The first kappa shape index (κ1) is 17.3. The minimum Gasteiger partial charge on any atom is -0.397 e. The van der Waals surface area contributed by atoms with E-state index in [9.17, 15) is 0 Å². The fourth-order valence-corrected chi connectivity index (χ4v) is 3.80. The zero-order valence-electron chi connectivity index (χ0n) is 16.2. The molecule has 4 N–H and O–H groups in total. The van der Waals surface area contributed by atoms with Gasteiger partial charge in [0.25, 0.3) is 0 Å². The van der Waals surface area contributed by atoms with E-state index in [-0.39, 0.29) is 0 Å². The minimum absolute atomic E-state index is 0.607. The van der Waals surface area contributed by atoms with Crippen LogP contribution in [0.4, 0.5) is 5.69 Å². The molecule has 6 rings (SSSR count). The van der Waals surface area contributed by atoms with Gasteiger partial charge >= 0.3 is 0 Å². The van der Waals surface area contributed by atoms with Gasteiger partial charge < -0.3 is 10.7 Å². The van der Waals surface area contributed by atoms with Gasteiger partial charge in [0.1, 0.15) is 0 Å². The van der Waals surface area contributed by atoms with Gasteiger partial charge in [0.05, 0.1) is 22.8 Å². The number of fused-ring (bicyclic) bond motifs is 2. The quantitative estimate of drug-likeness (QED) is 0.406. The smallest absolute Gasteiger partial charge is 0.181 e.